The molecule has 1 nitrogen and oxygen atoms in total. The Balaban J connectivity index is 1.91. The van der Waals surface area contributed by atoms with E-state index in [9.17, 15) is 4.79 Å². The summed E-state index contributed by atoms with van der Waals surface area (Å²) in [5.41, 5.74) is 0.560. The van der Waals surface area contributed by atoms with Crippen molar-refractivity contribution < 1.29 is 4.79 Å². The van der Waals surface area contributed by atoms with Gasteiger partial charge in [0.25, 0.3) is 0 Å². The van der Waals surface area contributed by atoms with Gasteiger partial charge in [-0.2, -0.15) is 0 Å². The summed E-state index contributed by atoms with van der Waals surface area (Å²) in [6, 6.07) is 0. The first-order chi connectivity index (χ1) is 6.14. The third-order valence-corrected chi connectivity index (χ3v) is 3.93. The van der Waals surface area contributed by atoms with Crippen molar-refractivity contribution in [2.45, 2.75) is 39.5 Å². The molecule has 72 valence electrons. The van der Waals surface area contributed by atoms with Crippen LogP contribution in [0.3, 0.4) is 0 Å². The van der Waals surface area contributed by atoms with Gasteiger partial charge in [-0.05, 0) is 43.4 Å². The van der Waals surface area contributed by atoms with E-state index >= 15 is 0 Å². The summed E-state index contributed by atoms with van der Waals surface area (Å²) >= 11 is 0. The van der Waals surface area contributed by atoms with E-state index in [0.29, 0.717) is 11.2 Å². The van der Waals surface area contributed by atoms with Gasteiger partial charge in [-0.15, -0.1) is 0 Å². The summed E-state index contributed by atoms with van der Waals surface area (Å²) in [6.45, 7) is 4.08. The molecular formula is C12H18O. The second kappa shape index (κ2) is 2.97. The van der Waals surface area contributed by atoms with Crippen LogP contribution in [-0.4, -0.2) is 5.78 Å². The average Bonchev–Trinajstić information content (AvgIpc) is 2.66. The van der Waals surface area contributed by atoms with Gasteiger partial charge in [-0.25, -0.2) is 0 Å². The van der Waals surface area contributed by atoms with Crippen molar-refractivity contribution in [3.8, 4) is 0 Å². The van der Waals surface area contributed by atoms with Crippen LogP contribution in [0.15, 0.2) is 12.2 Å². The molecule has 0 heterocycles. The van der Waals surface area contributed by atoms with Crippen LogP contribution in [0.2, 0.25) is 0 Å². The highest BCUT2D eigenvalue weighted by Crippen LogP contribution is 2.65. The van der Waals surface area contributed by atoms with Crippen LogP contribution in [0, 0.1) is 17.3 Å². The highest BCUT2D eigenvalue weighted by atomic mass is 16.1. The van der Waals surface area contributed by atoms with Gasteiger partial charge in [-0.3, -0.25) is 0 Å². The average molecular weight is 178 g/mol. The summed E-state index contributed by atoms with van der Waals surface area (Å²) in [4.78, 5) is 10.9. The molecule has 1 fully saturated rings. The second-order valence-electron chi connectivity index (χ2n) is 4.85. The fourth-order valence-electron chi connectivity index (χ4n) is 2.91. The number of carbonyl (C=O) groups excluding carboxylic acids is 1. The maximum Gasteiger partial charge on any atom is 0.129 e. The standard InChI is InChI=1S/C12H18O/c1-9(13)6-7-11-10-5-3-4-8-12(10,11)2/h3,5,10-11H,4,6-8H2,1-2H3/t10-,11-,12-/m0/s1. The highest BCUT2D eigenvalue weighted by Gasteiger charge is 2.58. The number of fused-ring (bicyclic) bond motifs is 1. The lowest BCUT2D eigenvalue weighted by Crippen LogP contribution is -2.01. The molecule has 2 rings (SSSR count). The number of ketones is 1. The molecule has 2 aliphatic carbocycles. The molecule has 0 radical (unpaired) electrons. The minimum atomic E-state index is 0.344. The van der Waals surface area contributed by atoms with Crippen molar-refractivity contribution in [1.82, 2.24) is 0 Å². The Kier molecular flexibility index (Phi) is 2.05. The molecule has 13 heavy (non-hydrogen) atoms. The second-order valence-corrected chi connectivity index (χ2v) is 4.85. The number of hydrogen-bond acceptors (Lipinski definition) is 1. The van der Waals surface area contributed by atoms with E-state index in [1.165, 1.54) is 12.8 Å². The molecule has 0 aliphatic heterocycles. The first kappa shape index (κ1) is 8.98. The van der Waals surface area contributed by atoms with Crippen LogP contribution in [0.1, 0.15) is 39.5 Å². The smallest absolute Gasteiger partial charge is 0.129 e. The molecule has 0 N–H and O–H groups in total. The minimum Gasteiger partial charge on any atom is -0.300 e. The van der Waals surface area contributed by atoms with Crippen LogP contribution in [0.5, 0.6) is 0 Å². The van der Waals surface area contributed by atoms with Gasteiger partial charge in [0.2, 0.25) is 0 Å². The number of rotatable bonds is 3. The van der Waals surface area contributed by atoms with Crippen LogP contribution < -0.4 is 0 Å². The Labute approximate surface area is 80.2 Å². The van der Waals surface area contributed by atoms with Crippen molar-refractivity contribution in [2.75, 3.05) is 0 Å². The van der Waals surface area contributed by atoms with E-state index in [1.54, 1.807) is 6.92 Å². The van der Waals surface area contributed by atoms with E-state index < -0.39 is 0 Å². The minimum absolute atomic E-state index is 0.344. The third kappa shape index (κ3) is 1.45. The fraction of sp³-hybridized carbons (Fsp3) is 0.750. The lowest BCUT2D eigenvalue weighted by Gasteiger charge is -2.11. The fourth-order valence-corrected chi connectivity index (χ4v) is 2.91. The molecule has 0 aromatic carbocycles. The zero-order valence-corrected chi connectivity index (χ0v) is 8.55. The van der Waals surface area contributed by atoms with E-state index in [4.69, 9.17) is 0 Å². The molecule has 0 aromatic heterocycles. The maximum absolute atomic E-state index is 10.9. The Bertz CT molecular complexity index is 254. The van der Waals surface area contributed by atoms with Gasteiger partial charge < -0.3 is 4.79 Å². The Morgan fingerprint density at radius 2 is 2.38 bits per heavy atom. The van der Waals surface area contributed by atoms with Crippen LogP contribution in [-0.2, 0) is 4.79 Å². The maximum atomic E-state index is 10.9. The summed E-state index contributed by atoms with van der Waals surface area (Å²) < 4.78 is 0. The topological polar surface area (TPSA) is 17.1 Å². The molecule has 0 amide bonds. The molecule has 3 atom stereocenters. The summed E-state index contributed by atoms with van der Waals surface area (Å²) in [7, 11) is 0. The molecule has 0 aromatic rings. The lowest BCUT2D eigenvalue weighted by atomic mass is 9.93. The summed E-state index contributed by atoms with van der Waals surface area (Å²) in [5.74, 6) is 1.94. The van der Waals surface area contributed by atoms with Crippen molar-refractivity contribution in [1.29, 1.82) is 0 Å². The molecule has 0 unspecified atom stereocenters. The van der Waals surface area contributed by atoms with Gasteiger partial charge in [0.1, 0.15) is 5.78 Å². The Hall–Kier alpha value is -0.590. The monoisotopic (exact) mass is 178 g/mol. The molecule has 0 spiro atoms. The van der Waals surface area contributed by atoms with Crippen molar-refractivity contribution in [3.63, 3.8) is 0 Å². The lowest BCUT2D eigenvalue weighted by molar-refractivity contribution is -0.117. The predicted molar refractivity (Wildman–Crippen MR) is 53.4 cm³/mol. The van der Waals surface area contributed by atoms with Crippen molar-refractivity contribution >= 4 is 5.78 Å². The van der Waals surface area contributed by atoms with Crippen LogP contribution >= 0.6 is 0 Å². The first-order valence-electron chi connectivity index (χ1n) is 5.31. The normalized spacial score (nSPS) is 41.4. The van der Waals surface area contributed by atoms with Crippen LogP contribution in [0.4, 0.5) is 0 Å². The van der Waals surface area contributed by atoms with Gasteiger partial charge in [-0.1, -0.05) is 19.1 Å². The largest absolute Gasteiger partial charge is 0.300 e. The van der Waals surface area contributed by atoms with Gasteiger partial charge in [0, 0.05) is 6.42 Å². The van der Waals surface area contributed by atoms with Gasteiger partial charge in [0.05, 0.1) is 0 Å². The number of allylic oxidation sites excluding steroid dienone is 2. The van der Waals surface area contributed by atoms with Crippen molar-refractivity contribution in [2.24, 2.45) is 17.3 Å². The number of hydrogen-bond donors (Lipinski definition) is 0. The molecule has 1 saturated carbocycles. The number of Topliss-reactive ketones (excluding diaryl/α,β-unsaturated/α-hetero) is 1. The summed E-state index contributed by atoms with van der Waals surface area (Å²) in [6.07, 6.45) is 9.14. The van der Waals surface area contributed by atoms with Gasteiger partial charge in [0.15, 0.2) is 0 Å². The number of carbonyl (C=O) groups is 1. The first-order valence-corrected chi connectivity index (χ1v) is 5.31. The molecular weight excluding hydrogens is 160 g/mol. The van der Waals surface area contributed by atoms with E-state index in [2.05, 4.69) is 19.1 Å². The van der Waals surface area contributed by atoms with E-state index in [0.717, 1.165) is 24.7 Å². The van der Waals surface area contributed by atoms with Gasteiger partial charge >= 0.3 is 0 Å². The van der Waals surface area contributed by atoms with Crippen LogP contribution in [0.25, 0.3) is 0 Å². The SMILES string of the molecule is CC(=O)CC[C@H]1[C@@H]2C=CCC[C@@]21C. The predicted octanol–water partition coefficient (Wildman–Crippen LogP) is 2.96. The van der Waals surface area contributed by atoms with E-state index in [1.807, 2.05) is 0 Å². The molecule has 2 aliphatic rings. The third-order valence-electron chi connectivity index (χ3n) is 3.93. The highest BCUT2D eigenvalue weighted by molar-refractivity contribution is 5.75. The zero-order valence-electron chi connectivity index (χ0n) is 8.55. The van der Waals surface area contributed by atoms with E-state index in [-0.39, 0.29) is 0 Å². The Morgan fingerprint density at radius 3 is 2.92 bits per heavy atom. The molecule has 0 bridgehead atoms. The van der Waals surface area contributed by atoms with Crippen molar-refractivity contribution in [3.05, 3.63) is 12.2 Å². The quantitative estimate of drug-likeness (QED) is 0.607. The zero-order chi connectivity index (χ0) is 9.47. The Morgan fingerprint density at radius 1 is 1.62 bits per heavy atom. The summed E-state index contributed by atoms with van der Waals surface area (Å²) in [5, 5.41) is 0. The molecule has 1 heteroatoms. The molecule has 0 saturated heterocycles.